The molecule has 0 aliphatic heterocycles. The minimum atomic E-state index is -4.68. The van der Waals surface area contributed by atoms with Gasteiger partial charge in [0.25, 0.3) is 10.1 Å². The van der Waals surface area contributed by atoms with Crippen LogP contribution in [0.3, 0.4) is 0 Å². The molecule has 21 heavy (non-hydrogen) atoms. The third kappa shape index (κ3) is 6.26. The number of hydrogen-bond donors (Lipinski definition) is 3. The third-order valence-electron chi connectivity index (χ3n) is 3.15. The van der Waals surface area contributed by atoms with Crippen molar-refractivity contribution in [3.05, 3.63) is 11.1 Å². The maximum atomic E-state index is 11.3. The van der Waals surface area contributed by atoms with E-state index in [1.807, 2.05) is 6.92 Å². The van der Waals surface area contributed by atoms with Crippen molar-refractivity contribution in [3.63, 3.8) is 0 Å². The maximum Gasteiger partial charge on any atom is 0.333 e. The number of rotatable bonds is 10. The Bertz CT molecular complexity index is 505. The van der Waals surface area contributed by atoms with Crippen LogP contribution >= 0.6 is 0 Å². The first-order valence-corrected chi connectivity index (χ1v) is 8.32. The van der Waals surface area contributed by atoms with E-state index >= 15 is 0 Å². The highest BCUT2D eigenvalue weighted by Gasteiger charge is 2.34. The first kappa shape index (κ1) is 19.6. The van der Waals surface area contributed by atoms with Crippen molar-refractivity contribution < 1.29 is 32.8 Å². The molecule has 0 fully saturated rings. The molecule has 1 atom stereocenters. The lowest BCUT2D eigenvalue weighted by Gasteiger charge is -2.16. The zero-order chi connectivity index (χ0) is 16.6. The van der Waals surface area contributed by atoms with Crippen LogP contribution in [0.15, 0.2) is 11.1 Å². The Kier molecular flexibility index (Phi) is 8.19. The van der Waals surface area contributed by atoms with Crippen molar-refractivity contribution in [2.45, 2.75) is 57.6 Å². The lowest BCUT2D eigenvalue weighted by molar-refractivity contribution is -0.136. The molecule has 0 rings (SSSR count). The van der Waals surface area contributed by atoms with E-state index in [0.29, 0.717) is 6.42 Å². The Morgan fingerprint density at radius 1 is 1.00 bits per heavy atom. The molecule has 0 aromatic rings. The van der Waals surface area contributed by atoms with Gasteiger partial charge in [0.1, 0.15) is 5.25 Å². The van der Waals surface area contributed by atoms with E-state index in [2.05, 4.69) is 0 Å². The van der Waals surface area contributed by atoms with Gasteiger partial charge in [-0.25, -0.2) is 9.59 Å². The van der Waals surface area contributed by atoms with Gasteiger partial charge in [-0.1, -0.05) is 33.1 Å². The average Bonchev–Trinajstić information content (AvgIpc) is 2.34. The Labute approximate surface area is 124 Å². The number of unbranched alkanes of at least 4 members (excludes halogenated alkanes) is 3. The van der Waals surface area contributed by atoms with Gasteiger partial charge < -0.3 is 10.2 Å². The second kappa shape index (κ2) is 8.78. The number of hydrogen-bond acceptors (Lipinski definition) is 4. The zero-order valence-corrected chi connectivity index (χ0v) is 13.0. The predicted molar refractivity (Wildman–Crippen MR) is 76.7 cm³/mol. The fraction of sp³-hybridized carbons (Fsp3) is 0.692. The highest BCUT2D eigenvalue weighted by molar-refractivity contribution is 7.86. The standard InChI is InChI=1S/C13H22O7S/c1-3-5-6-7-8-9(12(14)15)11(13(16)17)10(4-2)21(18,19)20/h10H,3-8H2,1-2H3,(H,14,15)(H,16,17)(H,18,19,20)/b11-9-. The summed E-state index contributed by atoms with van der Waals surface area (Å²) in [7, 11) is -4.68. The van der Waals surface area contributed by atoms with Crippen LogP contribution < -0.4 is 0 Å². The number of aliphatic carboxylic acids is 2. The van der Waals surface area contributed by atoms with Gasteiger partial charge >= 0.3 is 11.9 Å². The van der Waals surface area contributed by atoms with Crippen molar-refractivity contribution in [3.8, 4) is 0 Å². The molecule has 8 heteroatoms. The van der Waals surface area contributed by atoms with Crippen molar-refractivity contribution in [1.82, 2.24) is 0 Å². The molecule has 0 aromatic carbocycles. The molecule has 0 saturated carbocycles. The fourth-order valence-corrected chi connectivity index (χ4v) is 3.07. The van der Waals surface area contributed by atoms with E-state index in [4.69, 9.17) is 14.8 Å². The van der Waals surface area contributed by atoms with Crippen molar-refractivity contribution >= 4 is 22.1 Å². The third-order valence-corrected chi connectivity index (χ3v) is 4.43. The highest BCUT2D eigenvalue weighted by atomic mass is 32.2. The van der Waals surface area contributed by atoms with E-state index in [1.54, 1.807) is 0 Å². The summed E-state index contributed by atoms with van der Waals surface area (Å²) in [5.74, 6) is -3.10. The van der Waals surface area contributed by atoms with Crippen LogP contribution in [-0.2, 0) is 19.7 Å². The molecule has 0 amide bonds. The molecule has 122 valence electrons. The van der Waals surface area contributed by atoms with E-state index < -0.39 is 38.5 Å². The largest absolute Gasteiger partial charge is 0.478 e. The number of carbonyl (C=O) groups is 2. The molecule has 3 N–H and O–H groups in total. The summed E-state index contributed by atoms with van der Waals surface area (Å²) in [6, 6.07) is 0. The van der Waals surface area contributed by atoms with Gasteiger partial charge in [0.15, 0.2) is 0 Å². The van der Waals surface area contributed by atoms with Crippen LogP contribution in [0, 0.1) is 0 Å². The fourth-order valence-electron chi connectivity index (χ4n) is 2.11. The topological polar surface area (TPSA) is 129 Å². The number of carboxylic acids is 2. The Hall–Kier alpha value is -1.41. The van der Waals surface area contributed by atoms with Gasteiger partial charge in [0, 0.05) is 5.57 Å². The summed E-state index contributed by atoms with van der Waals surface area (Å²) in [6.07, 6.45) is 2.73. The Balaban J connectivity index is 5.66. The molecular weight excluding hydrogens is 300 g/mol. The molecular formula is C13H22O7S. The van der Waals surface area contributed by atoms with Gasteiger partial charge in [-0.15, -0.1) is 0 Å². The molecule has 0 radical (unpaired) electrons. The van der Waals surface area contributed by atoms with Gasteiger partial charge in [-0.2, -0.15) is 8.42 Å². The molecule has 0 saturated heterocycles. The average molecular weight is 322 g/mol. The normalized spacial score (nSPS) is 14.4. The number of carboxylic acid groups (broad SMARTS) is 2. The molecule has 1 unspecified atom stereocenters. The summed E-state index contributed by atoms with van der Waals surface area (Å²) in [4.78, 5) is 22.5. The minimum absolute atomic E-state index is 0.0387. The van der Waals surface area contributed by atoms with E-state index in [-0.39, 0.29) is 12.8 Å². The lowest BCUT2D eigenvalue weighted by atomic mass is 9.98. The zero-order valence-electron chi connectivity index (χ0n) is 12.2. The van der Waals surface area contributed by atoms with Gasteiger partial charge in [-0.3, -0.25) is 4.55 Å². The molecule has 0 aliphatic rings. The van der Waals surface area contributed by atoms with Crippen LogP contribution in [0.2, 0.25) is 0 Å². The Morgan fingerprint density at radius 2 is 1.57 bits per heavy atom. The van der Waals surface area contributed by atoms with Crippen molar-refractivity contribution in [1.29, 1.82) is 0 Å². The minimum Gasteiger partial charge on any atom is -0.478 e. The van der Waals surface area contributed by atoms with Gasteiger partial charge in [0.05, 0.1) is 5.57 Å². The van der Waals surface area contributed by atoms with Crippen LogP contribution in [0.4, 0.5) is 0 Å². The summed E-state index contributed by atoms with van der Waals surface area (Å²) < 4.78 is 31.7. The van der Waals surface area contributed by atoms with Gasteiger partial charge in [-0.05, 0) is 19.3 Å². The highest BCUT2D eigenvalue weighted by Crippen LogP contribution is 2.23. The first-order valence-electron chi connectivity index (χ1n) is 6.82. The molecule has 0 spiro atoms. The van der Waals surface area contributed by atoms with Gasteiger partial charge in [0.2, 0.25) is 0 Å². The van der Waals surface area contributed by atoms with Crippen molar-refractivity contribution in [2.24, 2.45) is 0 Å². The summed E-state index contributed by atoms with van der Waals surface area (Å²) in [5, 5.41) is 16.6. The molecule has 0 heterocycles. The first-order chi connectivity index (χ1) is 9.66. The monoisotopic (exact) mass is 322 g/mol. The quantitative estimate of drug-likeness (QED) is 0.319. The Morgan fingerprint density at radius 3 is 1.90 bits per heavy atom. The summed E-state index contributed by atoms with van der Waals surface area (Å²) in [5.41, 5.74) is -1.20. The van der Waals surface area contributed by atoms with Crippen LogP contribution in [0.5, 0.6) is 0 Å². The lowest BCUT2D eigenvalue weighted by Crippen LogP contribution is -2.29. The molecule has 0 bridgehead atoms. The second-order valence-electron chi connectivity index (χ2n) is 4.73. The second-order valence-corrected chi connectivity index (χ2v) is 6.32. The molecule has 7 nitrogen and oxygen atoms in total. The maximum absolute atomic E-state index is 11.3. The SMILES string of the molecule is CCCCCC/C(C(=O)O)=C(/C(=O)O)C(CC)S(=O)(=O)O. The van der Waals surface area contributed by atoms with E-state index in [9.17, 15) is 18.0 Å². The predicted octanol–water partition coefficient (Wildman–Crippen LogP) is 2.09. The van der Waals surface area contributed by atoms with Crippen LogP contribution in [0.25, 0.3) is 0 Å². The van der Waals surface area contributed by atoms with E-state index in [0.717, 1.165) is 19.3 Å². The van der Waals surface area contributed by atoms with E-state index in [1.165, 1.54) is 6.92 Å². The molecule has 0 aromatic heterocycles. The summed E-state index contributed by atoms with van der Waals surface area (Å²) in [6.45, 7) is 3.35. The summed E-state index contributed by atoms with van der Waals surface area (Å²) >= 11 is 0. The van der Waals surface area contributed by atoms with Crippen molar-refractivity contribution in [2.75, 3.05) is 0 Å². The smallest absolute Gasteiger partial charge is 0.333 e. The molecule has 0 aliphatic carbocycles. The van der Waals surface area contributed by atoms with Crippen LogP contribution in [0.1, 0.15) is 52.4 Å². The van der Waals surface area contributed by atoms with Crippen LogP contribution in [-0.4, -0.2) is 40.4 Å².